The molecule has 166 valence electrons. The van der Waals surface area contributed by atoms with Gasteiger partial charge >= 0.3 is 0 Å². The molecule has 0 heterocycles. The zero-order valence-electron chi connectivity index (χ0n) is 6.71. The van der Waals surface area contributed by atoms with Crippen molar-refractivity contribution in [3.05, 3.63) is 0 Å². The fourth-order valence-corrected chi connectivity index (χ4v) is 0. The summed E-state index contributed by atoms with van der Waals surface area (Å²) in [6.45, 7) is 0. The largest absolute Gasteiger partial charge is 0.147 e. The molecule has 0 spiro atoms. The van der Waals surface area contributed by atoms with Crippen LogP contribution in [0.3, 0.4) is 0 Å². The molecular weight excluding hydrogens is 1000 g/mol. The maximum atomic E-state index is 0. The summed E-state index contributed by atoms with van der Waals surface area (Å²) < 4.78 is 0. The van der Waals surface area contributed by atoms with Gasteiger partial charge in [-0.2, -0.15) is 0 Å². The van der Waals surface area contributed by atoms with E-state index >= 15 is 0 Å². The normalized spacial score (nSPS) is 0. The molecular formula is H5Cl5Co14. The second-order valence-corrected chi connectivity index (χ2v) is 0. The van der Waals surface area contributed by atoms with Gasteiger partial charge < -0.3 is 0 Å². The monoisotopic (exact) mass is 1000 g/mol. The van der Waals surface area contributed by atoms with Crippen LogP contribution in [0.5, 0.6) is 0 Å². The molecule has 0 fully saturated rings. The third-order valence-corrected chi connectivity index (χ3v) is 0. The van der Waals surface area contributed by atoms with E-state index in [1.165, 1.54) is 0 Å². The Morgan fingerprint density at radius 1 is 0.105 bits per heavy atom. The van der Waals surface area contributed by atoms with Gasteiger partial charge in [-0.15, -0.1) is 62.0 Å². The third-order valence-electron chi connectivity index (χ3n) is 0. The van der Waals surface area contributed by atoms with Crippen LogP contribution in [0.25, 0.3) is 0 Å². The fraction of sp³-hybridized carbons (Fsp3) is 0. The molecule has 0 aromatic heterocycles. The Hall–Kier alpha value is 8.54. The first-order chi connectivity index (χ1) is 0. The average molecular weight is 1010 g/mol. The van der Waals surface area contributed by atoms with Gasteiger partial charge in [-0.1, -0.05) is 0 Å². The second kappa shape index (κ2) is 237. The summed E-state index contributed by atoms with van der Waals surface area (Å²) in [5, 5.41) is 0. The van der Waals surface area contributed by atoms with Crippen molar-refractivity contribution in [2.24, 2.45) is 0 Å². The van der Waals surface area contributed by atoms with Crippen LogP contribution in [0.1, 0.15) is 0 Å². The smallest absolute Gasteiger partial charge is 0 e. The summed E-state index contributed by atoms with van der Waals surface area (Å²) in [4.78, 5) is 0. The molecule has 0 aliphatic carbocycles. The first kappa shape index (κ1) is 266. The van der Waals surface area contributed by atoms with Gasteiger partial charge in [0.25, 0.3) is 0 Å². The molecule has 19 heavy (non-hydrogen) atoms. The third kappa shape index (κ3) is 219. The number of halogens is 5. The molecule has 0 atom stereocenters. The summed E-state index contributed by atoms with van der Waals surface area (Å²) >= 11 is 0. The van der Waals surface area contributed by atoms with Crippen LogP contribution in [0.2, 0.25) is 0 Å². The zero-order valence-corrected chi connectivity index (χ0v) is 25.4. The van der Waals surface area contributed by atoms with Crippen molar-refractivity contribution < 1.29 is 235 Å². The maximum Gasteiger partial charge on any atom is 0 e. The Balaban J connectivity index is 0. The molecule has 0 bridgehead atoms. The molecule has 0 amide bonds. The fourth-order valence-electron chi connectivity index (χ4n) is 0. The molecule has 0 nitrogen and oxygen atoms in total. The van der Waals surface area contributed by atoms with Gasteiger partial charge in [-0.05, 0) is 0 Å². The van der Waals surface area contributed by atoms with Crippen molar-refractivity contribution in [1.29, 1.82) is 0 Å². The van der Waals surface area contributed by atoms with Crippen LogP contribution >= 0.6 is 62.0 Å². The number of hydrogen-bond acceptors (Lipinski definition) is 0. The predicted octanol–water partition coefficient (Wildman–Crippen LogP) is 2.07. The standard InChI is InChI=1S/5ClH.14Co/h5*1H;;;;;;;;;;;;;;. The summed E-state index contributed by atoms with van der Waals surface area (Å²) in [7, 11) is 0. The van der Waals surface area contributed by atoms with Crippen molar-refractivity contribution >= 4 is 62.0 Å². The van der Waals surface area contributed by atoms with E-state index in [2.05, 4.69) is 0 Å². The van der Waals surface area contributed by atoms with Crippen molar-refractivity contribution in [2.75, 3.05) is 0 Å². The number of hydrogen-bond donors (Lipinski definition) is 0. The topological polar surface area (TPSA) is 0 Å². The van der Waals surface area contributed by atoms with Crippen LogP contribution in [0, 0.1) is 0 Å². The Bertz CT molecular complexity index is 15.8. The van der Waals surface area contributed by atoms with Crippen LogP contribution < -0.4 is 0 Å². The van der Waals surface area contributed by atoms with Crippen molar-refractivity contribution in [2.45, 2.75) is 0 Å². The van der Waals surface area contributed by atoms with E-state index in [0.717, 1.165) is 0 Å². The van der Waals surface area contributed by atoms with Gasteiger partial charge in [-0.3, -0.25) is 0 Å². The summed E-state index contributed by atoms with van der Waals surface area (Å²) in [6.07, 6.45) is 0. The van der Waals surface area contributed by atoms with Crippen LogP contribution in [-0.4, -0.2) is 0 Å². The molecule has 0 aromatic carbocycles. The first-order valence-electron chi connectivity index (χ1n) is 0. The van der Waals surface area contributed by atoms with Crippen LogP contribution in [0.4, 0.5) is 0 Å². The van der Waals surface area contributed by atoms with E-state index in [4.69, 9.17) is 0 Å². The minimum Gasteiger partial charge on any atom is -0.147 e. The molecule has 19 heteroatoms. The summed E-state index contributed by atoms with van der Waals surface area (Å²) in [6, 6.07) is 0. The van der Waals surface area contributed by atoms with Gasteiger partial charge in [0.2, 0.25) is 0 Å². The Morgan fingerprint density at radius 3 is 0.105 bits per heavy atom. The van der Waals surface area contributed by atoms with Gasteiger partial charge in [0.15, 0.2) is 0 Å². The van der Waals surface area contributed by atoms with Crippen molar-refractivity contribution in [3.8, 4) is 0 Å². The van der Waals surface area contributed by atoms with E-state index in [1.807, 2.05) is 0 Å². The van der Waals surface area contributed by atoms with Crippen LogP contribution in [0.15, 0.2) is 0 Å². The Labute approximate surface area is 291 Å². The van der Waals surface area contributed by atoms with Gasteiger partial charge in [-0.25, -0.2) is 0 Å². The van der Waals surface area contributed by atoms with E-state index in [0.29, 0.717) is 0 Å². The SMILES string of the molecule is Cl.Cl.Cl.Cl.Cl.[Co].[Co].[Co].[Co].[Co].[Co].[Co].[Co].[Co].[Co].[Co].[Co].[Co].[Co]. The maximum absolute atomic E-state index is 0. The first-order valence-corrected chi connectivity index (χ1v) is 0. The molecule has 0 saturated heterocycles. The second-order valence-electron chi connectivity index (χ2n) is 0. The van der Waals surface area contributed by atoms with Gasteiger partial charge in [0.1, 0.15) is 0 Å². The molecule has 0 saturated carbocycles. The van der Waals surface area contributed by atoms with Gasteiger partial charge in [0, 0.05) is 235 Å². The quantitative estimate of drug-likeness (QED) is 0.350. The van der Waals surface area contributed by atoms with E-state index < -0.39 is 0 Å². The molecule has 0 aromatic rings. The molecule has 0 rings (SSSR count). The Kier molecular flexibility index (Phi) is 3320. The molecule has 0 aliphatic rings. The Morgan fingerprint density at radius 2 is 0.105 bits per heavy atom. The van der Waals surface area contributed by atoms with Crippen molar-refractivity contribution in [3.63, 3.8) is 0 Å². The average Bonchev–Trinajstić information content (AvgIpc) is 0. The minimum absolute atomic E-state index is 0. The van der Waals surface area contributed by atoms with Crippen molar-refractivity contribution in [1.82, 2.24) is 0 Å². The minimum atomic E-state index is 0. The molecule has 0 N–H and O–H groups in total. The molecule has 14 radical (unpaired) electrons. The van der Waals surface area contributed by atoms with E-state index in [9.17, 15) is 0 Å². The van der Waals surface area contributed by atoms with Crippen LogP contribution in [-0.2, 0) is 235 Å². The van der Waals surface area contributed by atoms with E-state index in [-0.39, 0.29) is 297 Å². The summed E-state index contributed by atoms with van der Waals surface area (Å²) in [5.74, 6) is 0. The van der Waals surface area contributed by atoms with Gasteiger partial charge in [0.05, 0.1) is 0 Å². The number of rotatable bonds is 0. The van der Waals surface area contributed by atoms with E-state index in [1.54, 1.807) is 0 Å². The molecule has 0 aliphatic heterocycles. The molecule has 0 unspecified atom stereocenters. The predicted molar refractivity (Wildman–Crippen MR) is 36.2 cm³/mol. The zero-order chi connectivity index (χ0) is 0. The summed E-state index contributed by atoms with van der Waals surface area (Å²) in [5.41, 5.74) is 0.